The lowest BCUT2D eigenvalue weighted by Crippen LogP contribution is -2.53. The van der Waals surface area contributed by atoms with Gasteiger partial charge in [-0.2, -0.15) is 0 Å². The molecule has 0 radical (unpaired) electrons. The van der Waals surface area contributed by atoms with E-state index in [2.05, 4.69) is 29.2 Å². The van der Waals surface area contributed by atoms with Crippen molar-refractivity contribution in [1.82, 2.24) is 9.80 Å². The van der Waals surface area contributed by atoms with Crippen LogP contribution in [0.25, 0.3) is 0 Å². The van der Waals surface area contributed by atoms with Crippen LogP contribution in [0.15, 0.2) is 60.7 Å². The summed E-state index contributed by atoms with van der Waals surface area (Å²) in [5, 5.41) is 0. The van der Waals surface area contributed by atoms with Gasteiger partial charge in [-0.1, -0.05) is 48.5 Å². The fourth-order valence-electron chi connectivity index (χ4n) is 4.60. The average Bonchev–Trinajstić information content (AvgIpc) is 3.22. The number of nitrogens with zero attached hydrogens (tertiary/aromatic N) is 3. The number of thioether (sulfide) groups is 1. The molecule has 3 saturated heterocycles. The van der Waals surface area contributed by atoms with Crippen LogP contribution in [0.1, 0.15) is 18.4 Å². The van der Waals surface area contributed by atoms with Gasteiger partial charge in [0.2, 0.25) is 0 Å². The Kier molecular flexibility index (Phi) is 4.40. The number of imide groups is 1. The summed E-state index contributed by atoms with van der Waals surface area (Å²) in [5.41, 5.74) is 1.99. The summed E-state index contributed by atoms with van der Waals surface area (Å²) in [5.74, 6) is 0.624. The van der Waals surface area contributed by atoms with Gasteiger partial charge in [0, 0.05) is 25.4 Å². The Balaban J connectivity index is 1.33. The van der Waals surface area contributed by atoms with Gasteiger partial charge in [0.1, 0.15) is 6.04 Å². The Morgan fingerprint density at radius 1 is 0.929 bits per heavy atom. The molecule has 0 bridgehead atoms. The van der Waals surface area contributed by atoms with Crippen molar-refractivity contribution in [2.45, 2.75) is 30.3 Å². The van der Waals surface area contributed by atoms with Crippen molar-refractivity contribution < 1.29 is 9.59 Å². The summed E-state index contributed by atoms with van der Waals surface area (Å²) in [7, 11) is 0. The smallest absolute Gasteiger partial charge is 0.299 e. The third kappa shape index (κ3) is 2.83. The second kappa shape index (κ2) is 6.94. The Morgan fingerprint density at radius 3 is 2.25 bits per heavy atom. The van der Waals surface area contributed by atoms with Crippen LogP contribution in [0.2, 0.25) is 0 Å². The zero-order valence-electron chi connectivity index (χ0n) is 15.7. The summed E-state index contributed by atoms with van der Waals surface area (Å²) < 4.78 is 0. The average molecular weight is 394 g/mol. The molecular formula is C22H23N3O2S. The molecule has 2 aromatic rings. The highest BCUT2D eigenvalue weighted by molar-refractivity contribution is 8.01. The SMILES string of the molecule is O=C1[C@@H]2CSC3(CCN(Cc4ccccc4)CC3)N2C(=O)N1c1ccccc1. The van der Waals surface area contributed by atoms with Crippen LogP contribution < -0.4 is 4.90 Å². The van der Waals surface area contributed by atoms with Crippen LogP contribution in [-0.4, -0.2) is 51.5 Å². The van der Waals surface area contributed by atoms with E-state index in [1.54, 1.807) is 11.8 Å². The number of benzene rings is 2. The van der Waals surface area contributed by atoms with Crippen LogP contribution in [0, 0.1) is 0 Å². The van der Waals surface area contributed by atoms with E-state index >= 15 is 0 Å². The number of likely N-dealkylation sites (tertiary alicyclic amines) is 1. The number of rotatable bonds is 3. The lowest BCUT2D eigenvalue weighted by molar-refractivity contribution is -0.119. The number of urea groups is 1. The van der Waals surface area contributed by atoms with Gasteiger partial charge in [0.05, 0.1) is 10.6 Å². The van der Waals surface area contributed by atoms with Crippen molar-refractivity contribution >= 4 is 29.4 Å². The third-order valence-electron chi connectivity index (χ3n) is 6.06. The number of carbonyl (C=O) groups excluding carboxylic acids is 2. The molecule has 3 aliphatic heterocycles. The largest absolute Gasteiger partial charge is 0.333 e. The number of anilines is 1. The van der Waals surface area contributed by atoms with Gasteiger partial charge in [0.15, 0.2) is 0 Å². The van der Waals surface area contributed by atoms with Crippen LogP contribution in [0.4, 0.5) is 10.5 Å². The zero-order valence-corrected chi connectivity index (χ0v) is 16.5. The molecule has 2 aromatic carbocycles. The van der Waals surface area contributed by atoms with Gasteiger partial charge in [-0.25, -0.2) is 9.69 Å². The lowest BCUT2D eigenvalue weighted by atomic mass is 10.0. The molecule has 5 rings (SSSR count). The van der Waals surface area contributed by atoms with Crippen LogP contribution in [0.5, 0.6) is 0 Å². The molecule has 1 spiro atoms. The molecule has 1 atom stereocenters. The van der Waals surface area contributed by atoms with Gasteiger partial charge in [0.25, 0.3) is 5.91 Å². The van der Waals surface area contributed by atoms with Gasteiger partial charge in [-0.05, 0) is 30.5 Å². The summed E-state index contributed by atoms with van der Waals surface area (Å²) in [4.78, 5) is 31.7. The molecular weight excluding hydrogens is 370 g/mol. The Labute approximate surface area is 169 Å². The molecule has 3 aliphatic rings. The Hall–Kier alpha value is -2.31. The van der Waals surface area contributed by atoms with Gasteiger partial charge >= 0.3 is 6.03 Å². The Morgan fingerprint density at radius 2 is 1.57 bits per heavy atom. The van der Waals surface area contributed by atoms with Crippen molar-refractivity contribution in [2.24, 2.45) is 0 Å². The molecule has 0 aliphatic carbocycles. The van der Waals surface area contributed by atoms with Crippen LogP contribution in [-0.2, 0) is 11.3 Å². The van der Waals surface area contributed by atoms with Crippen LogP contribution in [0.3, 0.4) is 0 Å². The molecule has 6 heteroatoms. The minimum Gasteiger partial charge on any atom is -0.299 e. The standard InChI is InChI=1S/C22H23N3O2S/c26-20-19-16-28-22(25(19)21(27)24(20)18-9-5-2-6-10-18)11-13-23(14-12-22)15-17-7-3-1-4-8-17/h1-10,19H,11-16H2/t19-/m0/s1. The molecule has 0 unspecified atom stereocenters. The van der Waals surface area contributed by atoms with Crippen molar-refractivity contribution in [2.75, 3.05) is 23.7 Å². The molecule has 0 N–H and O–H groups in total. The maximum Gasteiger partial charge on any atom is 0.333 e. The first-order valence-corrected chi connectivity index (χ1v) is 10.8. The molecule has 3 heterocycles. The van der Waals surface area contributed by atoms with Gasteiger partial charge in [-0.15, -0.1) is 11.8 Å². The molecule has 28 heavy (non-hydrogen) atoms. The first-order valence-electron chi connectivity index (χ1n) is 9.80. The quantitative estimate of drug-likeness (QED) is 0.748. The zero-order chi connectivity index (χ0) is 19.1. The fourth-order valence-corrected chi connectivity index (χ4v) is 6.18. The van der Waals surface area contributed by atoms with E-state index in [1.165, 1.54) is 10.5 Å². The maximum absolute atomic E-state index is 13.2. The van der Waals surface area contributed by atoms with Gasteiger partial charge < -0.3 is 0 Å². The van der Waals surface area contributed by atoms with E-state index in [4.69, 9.17) is 0 Å². The number of amides is 3. The monoisotopic (exact) mass is 393 g/mol. The number of carbonyl (C=O) groups is 2. The van der Waals surface area contributed by atoms with E-state index in [1.807, 2.05) is 41.3 Å². The van der Waals surface area contributed by atoms with E-state index < -0.39 is 0 Å². The highest BCUT2D eigenvalue weighted by atomic mass is 32.2. The van der Waals surface area contributed by atoms with E-state index in [-0.39, 0.29) is 22.9 Å². The minimum atomic E-state index is -0.321. The molecule has 3 fully saturated rings. The van der Waals surface area contributed by atoms with E-state index in [0.717, 1.165) is 32.5 Å². The van der Waals surface area contributed by atoms with Crippen molar-refractivity contribution in [3.63, 3.8) is 0 Å². The number of para-hydroxylation sites is 1. The van der Waals surface area contributed by atoms with E-state index in [9.17, 15) is 9.59 Å². The third-order valence-corrected chi connectivity index (χ3v) is 7.69. The predicted octanol–water partition coefficient (Wildman–Crippen LogP) is 3.56. The first-order chi connectivity index (χ1) is 13.7. The summed E-state index contributed by atoms with van der Waals surface area (Å²) in [6.45, 7) is 2.82. The normalized spacial score (nSPS) is 24.2. The van der Waals surface area contributed by atoms with Crippen molar-refractivity contribution in [3.05, 3.63) is 66.2 Å². The topological polar surface area (TPSA) is 43.9 Å². The second-order valence-corrected chi connectivity index (χ2v) is 9.08. The number of hydrogen-bond donors (Lipinski definition) is 0. The van der Waals surface area contributed by atoms with Crippen LogP contribution >= 0.6 is 11.8 Å². The Bertz CT molecular complexity index is 881. The molecule has 5 nitrogen and oxygen atoms in total. The molecule has 144 valence electrons. The molecule has 0 aromatic heterocycles. The lowest BCUT2D eigenvalue weighted by Gasteiger charge is -2.43. The van der Waals surface area contributed by atoms with Gasteiger partial charge in [-0.3, -0.25) is 14.6 Å². The predicted molar refractivity (Wildman–Crippen MR) is 111 cm³/mol. The first kappa shape index (κ1) is 17.8. The minimum absolute atomic E-state index is 0.0766. The highest BCUT2D eigenvalue weighted by Gasteiger charge is 2.60. The summed E-state index contributed by atoms with van der Waals surface area (Å²) in [6, 6.07) is 19.3. The summed E-state index contributed by atoms with van der Waals surface area (Å²) in [6.07, 6.45) is 1.81. The van der Waals surface area contributed by atoms with E-state index in [0.29, 0.717) is 11.4 Å². The molecule has 0 saturated carbocycles. The highest BCUT2D eigenvalue weighted by Crippen LogP contribution is 2.50. The fraction of sp³-hybridized carbons (Fsp3) is 0.364. The number of piperidine rings is 1. The summed E-state index contributed by atoms with van der Waals surface area (Å²) >= 11 is 1.80. The second-order valence-electron chi connectivity index (χ2n) is 7.70. The number of fused-ring (bicyclic) bond motifs is 2. The van der Waals surface area contributed by atoms with Crippen molar-refractivity contribution in [3.8, 4) is 0 Å². The maximum atomic E-state index is 13.2. The molecule has 3 amide bonds. The number of hydrogen-bond acceptors (Lipinski definition) is 4. The van der Waals surface area contributed by atoms with Crippen molar-refractivity contribution in [1.29, 1.82) is 0 Å².